The second kappa shape index (κ2) is 4.29. The quantitative estimate of drug-likeness (QED) is 0.826. The van der Waals surface area contributed by atoms with Crippen LogP contribution in [0.3, 0.4) is 0 Å². The molecule has 2 aromatic rings. The van der Waals surface area contributed by atoms with Crippen molar-refractivity contribution in [1.29, 1.82) is 0 Å². The van der Waals surface area contributed by atoms with Crippen LogP contribution in [0, 0.1) is 13.8 Å². The number of fused-ring (bicyclic) bond motifs is 1. The molecule has 1 heterocycles. The van der Waals surface area contributed by atoms with Crippen molar-refractivity contribution in [2.45, 2.75) is 13.8 Å². The van der Waals surface area contributed by atoms with Gasteiger partial charge in [0.1, 0.15) is 9.98 Å². The third kappa shape index (κ3) is 2.03. The normalized spacial score (nSPS) is 10.7. The predicted molar refractivity (Wildman–Crippen MR) is 80.9 cm³/mol. The fourth-order valence-corrected chi connectivity index (χ4v) is 3.04. The number of aromatic nitrogens is 1. The summed E-state index contributed by atoms with van der Waals surface area (Å²) in [6.07, 6.45) is 0. The highest BCUT2D eigenvalue weighted by Gasteiger charge is 2.15. The number of nitrogens with two attached hydrogens (primary N) is 2. The van der Waals surface area contributed by atoms with E-state index in [0.717, 1.165) is 26.9 Å². The van der Waals surface area contributed by atoms with E-state index < -0.39 is 0 Å². The number of hydrogen-bond acceptors (Lipinski definition) is 4. The van der Waals surface area contributed by atoms with Gasteiger partial charge in [-0.05, 0) is 31.0 Å². The zero-order valence-corrected chi connectivity index (χ0v) is 11.9. The van der Waals surface area contributed by atoms with Crippen molar-refractivity contribution in [2.75, 3.05) is 0 Å². The Labute approximate surface area is 114 Å². The molecule has 0 fully saturated rings. The van der Waals surface area contributed by atoms with Crippen molar-refractivity contribution in [3.63, 3.8) is 0 Å². The van der Waals surface area contributed by atoms with E-state index in [1.54, 1.807) is 0 Å². The Morgan fingerprint density at radius 1 is 1.24 bits per heavy atom. The molecule has 88 valence electrons. The molecule has 1 aromatic heterocycles. The van der Waals surface area contributed by atoms with E-state index in [9.17, 15) is 0 Å². The Balaban J connectivity index is 2.88. The van der Waals surface area contributed by atoms with Crippen LogP contribution in [-0.4, -0.2) is 15.0 Å². The minimum Gasteiger partial charge on any atom is -0.389 e. The van der Waals surface area contributed by atoms with Crippen LogP contribution in [-0.2, 0) is 0 Å². The summed E-state index contributed by atoms with van der Waals surface area (Å²) < 4.78 is 1.01. The molecule has 0 bridgehead atoms. The highest BCUT2D eigenvalue weighted by atomic mass is 32.1. The van der Waals surface area contributed by atoms with Gasteiger partial charge in [-0.3, -0.25) is 0 Å². The van der Waals surface area contributed by atoms with Gasteiger partial charge >= 0.3 is 0 Å². The molecule has 0 aliphatic carbocycles. The third-order valence-corrected chi connectivity index (χ3v) is 4.22. The van der Waals surface area contributed by atoms with Crippen LogP contribution in [0.5, 0.6) is 0 Å². The van der Waals surface area contributed by atoms with Gasteiger partial charge in [-0.1, -0.05) is 24.4 Å². The SMILES string of the molecule is Cc1cc2sc(C(N)=S)nc2c(C(N)=S)c1C. The first-order valence-corrected chi connectivity index (χ1v) is 6.55. The molecular weight excluding hydrogens is 270 g/mol. The fourth-order valence-electron chi connectivity index (χ4n) is 1.70. The molecule has 0 spiro atoms. The molecule has 2 rings (SSSR count). The number of thiazole rings is 1. The summed E-state index contributed by atoms with van der Waals surface area (Å²) in [4.78, 5) is 5.08. The molecule has 17 heavy (non-hydrogen) atoms. The Morgan fingerprint density at radius 2 is 1.88 bits per heavy atom. The smallest absolute Gasteiger partial charge is 0.151 e. The van der Waals surface area contributed by atoms with E-state index in [2.05, 4.69) is 11.1 Å². The molecule has 3 nitrogen and oxygen atoms in total. The Kier molecular flexibility index (Phi) is 3.11. The van der Waals surface area contributed by atoms with Crippen molar-refractivity contribution in [1.82, 2.24) is 4.98 Å². The van der Waals surface area contributed by atoms with Gasteiger partial charge in [0, 0.05) is 5.56 Å². The van der Waals surface area contributed by atoms with Crippen LogP contribution in [0.25, 0.3) is 10.2 Å². The highest BCUT2D eigenvalue weighted by Crippen LogP contribution is 2.29. The average molecular weight is 281 g/mol. The van der Waals surface area contributed by atoms with E-state index in [1.807, 2.05) is 13.8 Å². The number of nitrogens with zero attached hydrogens (tertiary/aromatic N) is 1. The first kappa shape index (κ1) is 12.3. The van der Waals surface area contributed by atoms with Crippen LogP contribution < -0.4 is 11.5 Å². The molecule has 0 saturated carbocycles. The first-order chi connectivity index (χ1) is 7.91. The summed E-state index contributed by atoms with van der Waals surface area (Å²) in [5.74, 6) is 0. The lowest BCUT2D eigenvalue weighted by Crippen LogP contribution is -2.13. The molecule has 0 atom stereocenters. The number of thiocarbonyl (C=S) groups is 2. The van der Waals surface area contributed by atoms with E-state index in [1.165, 1.54) is 11.3 Å². The highest BCUT2D eigenvalue weighted by molar-refractivity contribution is 7.81. The molecule has 0 amide bonds. The number of hydrogen-bond donors (Lipinski definition) is 2. The summed E-state index contributed by atoms with van der Waals surface area (Å²) in [6, 6.07) is 2.06. The molecule has 0 saturated heterocycles. The van der Waals surface area contributed by atoms with E-state index in [0.29, 0.717) is 15.0 Å². The van der Waals surface area contributed by atoms with E-state index >= 15 is 0 Å². The van der Waals surface area contributed by atoms with Gasteiger partial charge in [-0.15, -0.1) is 11.3 Å². The minimum absolute atomic E-state index is 0.301. The molecule has 1 aromatic carbocycles. The van der Waals surface area contributed by atoms with Crippen molar-refractivity contribution in [2.24, 2.45) is 11.5 Å². The Bertz CT molecular complexity index is 643. The largest absolute Gasteiger partial charge is 0.389 e. The molecule has 4 N–H and O–H groups in total. The van der Waals surface area contributed by atoms with Crippen LogP contribution in [0.2, 0.25) is 0 Å². The number of aryl methyl sites for hydroxylation is 1. The summed E-state index contributed by atoms with van der Waals surface area (Å²) >= 11 is 11.5. The lowest BCUT2D eigenvalue weighted by molar-refractivity contribution is 1.33. The van der Waals surface area contributed by atoms with Gasteiger partial charge in [0.15, 0.2) is 5.01 Å². The molecule has 6 heteroatoms. The Morgan fingerprint density at radius 3 is 2.41 bits per heavy atom. The maximum Gasteiger partial charge on any atom is 0.151 e. The zero-order chi connectivity index (χ0) is 12.7. The van der Waals surface area contributed by atoms with Gasteiger partial charge in [-0.2, -0.15) is 0 Å². The minimum atomic E-state index is 0.301. The van der Waals surface area contributed by atoms with Crippen LogP contribution in [0.15, 0.2) is 6.07 Å². The van der Waals surface area contributed by atoms with Crippen molar-refractivity contribution in [3.05, 3.63) is 27.8 Å². The maximum atomic E-state index is 5.77. The van der Waals surface area contributed by atoms with Crippen molar-refractivity contribution in [3.8, 4) is 0 Å². The second-order valence-electron chi connectivity index (χ2n) is 3.79. The third-order valence-electron chi connectivity index (χ3n) is 2.66. The first-order valence-electron chi connectivity index (χ1n) is 4.92. The maximum absolute atomic E-state index is 5.77. The summed E-state index contributed by atoms with van der Waals surface area (Å²) in [7, 11) is 0. The molecular formula is C11H11N3S3. The standard InChI is InChI=1S/C11H11N3S3/c1-4-3-6-8(7(5(4)2)9(12)15)14-11(17-6)10(13)16/h3H,1-2H3,(H2,12,15)(H2,13,16). The zero-order valence-electron chi connectivity index (χ0n) is 9.40. The molecule has 0 unspecified atom stereocenters. The summed E-state index contributed by atoms with van der Waals surface area (Å²) in [5.41, 5.74) is 15.2. The number of rotatable bonds is 2. The fraction of sp³-hybridized carbons (Fsp3) is 0.182. The lowest BCUT2D eigenvalue weighted by Gasteiger charge is -2.07. The Hall–Kier alpha value is -1.11. The van der Waals surface area contributed by atoms with Gasteiger partial charge in [0.25, 0.3) is 0 Å². The van der Waals surface area contributed by atoms with E-state index in [4.69, 9.17) is 35.9 Å². The van der Waals surface area contributed by atoms with Gasteiger partial charge in [0.05, 0.1) is 10.2 Å². The summed E-state index contributed by atoms with van der Waals surface area (Å²) in [6.45, 7) is 4.01. The van der Waals surface area contributed by atoms with Gasteiger partial charge in [-0.25, -0.2) is 4.98 Å². The van der Waals surface area contributed by atoms with Crippen LogP contribution >= 0.6 is 35.8 Å². The predicted octanol–water partition coefficient (Wildman–Crippen LogP) is 2.18. The second-order valence-corrected chi connectivity index (χ2v) is 5.70. The van der Waals surface area contributed by atoms with Crippen molar-refractivity contribution < 1.29 is 0 Å². The van der Waals surface area contributed by atoms with Gasteiger partial charge in [0.2, 0.25) is 0 Å². The van der Waals surface area contributed by atoms with Crippen LogP contribution in [0.1, 0.15) is 21.7 Å². The summed E-state index contributed by atoms with van der Waals surface area (Å²) in [5, 5.41) is 0.650. The molecule has 0 aliphatic heterocycles. The van der Waals surface area contributed by atoms with Gasteiger partial charge < -0.3 is 11.5 Å². The monoisotopic (exact) mass is 281 g/mol. The van der Waals surface area contributed by atoms with E-state index in [-0.39, 0.29) is 0 Å². The molecule has 0 aliphatic rings. The topological polar surface area (TPSA) is 64.9 Å². The lowest BCUT2D eigenvalue weighted by atomic mass is 10.0. The number of benzene rings is 1. The van der Waals surface area contributed by atoms with Crippen LogP contribution in [0.4, 0.5) is 0 Å². The average Bonchev–Trinajstić information content (AvgIpc) is 2.61. The molecule has 0 radical (unpaired) electrons. The van der Waals surface area contributed by atoms with Crippen molar-refractivity contribution >= 4 is 56.0 Å².